The van der Waals surface area contributed by atoms with Gasteiger partial charge in [-0.15, -0.1) is 0 Å². The first-order valence-electron chi connectivity index (χ1n) is 5.89. The average Bonchev–Trinajstić information content (AvgIpc) is 2.67. The summed E-state index contributed by atoms with van der Waals surface area (Å²) in [5.74, 6) is -0.0723. The van der Waals surface area contributed by atoms with Crippen LogP contribution in [-0.2, 0) is 4.79 Å². The molecule has 4 nitrogen and oxygen atoms in total. The molecule has 4 heteroatoms. The highest BCUT2D eigenvalue weighted by molar-refractivity contribution is 5.73. The van der Waals surface area contributed by atoms with Gasteiger partial charge >= 0.3 is 5.97 Å². The van der Waals surface area contributed by atoms with E-state index in [1.54, 1.807) is 0 Å². The fraction of sp³-hybridized carbons (Fsp3) is 0.909. The van der Waals surface area contributed by atoms with Crippen LogP contribution in [0.2, 0.25) is 0 Å². The Morgan fingerprint density at radius 1 is 1.47 bits per heavy atom. The van der Waals surface area contributed by atoms with E-state index in [1.807, 2.05) is 0 Å². The predicted molar refractivity (Wildman–Crippen MR) is 57.8 cm³/mol. The van der Waals surface area contributed by atoms with Crippen LogP contribution in [0.1, 0.15) is 26.2 Å². The van der Waals surface area contributed by atoms with Crippen molar-refractivity contribution in [3.05, 3.63) is 0 Å². The summed E-state index contributed by atoms with van der Waals surface area (Å²) in [6, 6.07) is 0.241. The Bertz CT molecular complexity index is 245. The Labute approximate surface area is 90.6 Å². The Kier molecular flexibility index (Phi) is 3.26. The number of rotatable bonds is 2. The third-order valence-electron chi connectivity index (χ3n) is 3.75. The number of carbonyl (C=O) groups is 1. The van der Waals surface area contributed by atoms with Crippen LogP contribution in [0, 0.1) is 5.92 Å². The van der Waals surface area contributed by atoms with Crippen LogP contribution in [0.4, 0.5) is 0 Å². The second kappa shape index (κ2) is 4.49. The van der Waals surface area contributed by atoms with Gasteiger partial charge in [-0.3, -0.25) is 9.69 Å². The SMILES string of the molecule is CC1CNCCC1N1CCCC1C(=O)O. The molecule has 2 saturated heterocycles. The van der Waals surface area contributed by atoms with Gasteiger partial charge in [-0.25, -0.2) is 0 Å². The highest BCUT2D eigenvalue weighted by Crippen LogP contribution is 2.27. The number of nitrogens with one attached hydrogen (secondary N) is 1. The molecule has 3 atom stereocenters. The van der Waals surface area contributed by atoms with Crippen molar-refractivity contribution >= 4 is 5.97 Å². The summed E-state index contributed by atoms with van der Waals surface area (Å²) in [6.45, 7) is 5.23. The smallest absolute Gasteiger partial charge is 0.320 e. The molecule has 86 valence electrons. The summed E-state index contributed by atoms with van der Waals surface area (Å²) in [6.07, 6.45) is 2.95. The Hall–Kier alpha value is -0.610. The van der Waals surface area contributed by atoms with Gasteiger partial charge < -0.3 is 10.4 Å². The number of nitrogens with zero attached hydrogens (tertiary/aromatic N) is 1. The molecule has 15 heavy (non-hydrogen) atoms. The Balaban J connectivity index is 2.04. The minimum absolute atomic E-state index is 0.226. The van der Waals surface area contributed by atoms with Gasteiger partial charge in [0.15, 0.2) is 0 Å². The van der Waals surface area contributed by atoms with E-state index in [1.165, 1.54) is 0 Å². The summed E-state index contributed by atoms with van der Waals surface area (Å²) in [5, 5.41) is 12.5. The Morgan fingerprint density at radius 2 is 2.27 bits per heavy atom. The van der Waals surface area contributed by atoms with Crippen LogP contribution < -0.4 is 5.32 Å². The fourth-order valence-electron chi connectivity index (χ4n) is 2.94. The van der Waals surface area contributed by atoms with E-state index in [9.17, 15) is 4.79 Å². The third-order valence-corrected chi connectivity index (χ3v) is 3.75. The molecule has 3 unspecified atom stereocenters. The van der Waals surface area contributed by atoms with Crippen LogP contribution in [0.15, 0.2) is 0 Å². The van der Waals surface area contributed by atoms with Crippen LogP contribution in [0.5, 0.6) is 0 Å². The molecule has 2 fully saturated rings. The van der Waals surface area contributed by atoms with Crippen LogP contribution >= 0.6 is 0 Å². The lowest BCUT2D eigenvalue weighted by Crippen LogP contribution is -2.52. The van der Waals surface area contributed by atoms with Crippen molar-refractivity contribution in [2.75, 3.05) is 19.6 Å². The molecule has 2 rings (SSSR count). The minimum Gasteiger partial charge on any atom is -0.480 e. The summed E-state index contributed by atoms with van der Waals surface area (Å²) < 4.78 is 0. The fourth-order valence-corrected chi connectivity index (χ4v) is 2.94. The zero-order valence-corrected chi connectivity index (χ0v) is 9.28. The number of aliphatic carboxylic acids is 1. The number of likely N-dealkylation sites (tertiary alicyclic amines) is 1. The second-order valence-corrected chi connectivity index (χ2v) is 4.77. The van der Waals surface area contributed by atoms with Crippen LogP contribution in [0.25, 0.3) is 0 Å². The van der Waals surface area contributed by atoms with Crippen molar-refractivity contribution in [3.63, 3.8) is 0 Å². The van der Waals surface area contributed by atoms with Crippen molar-refractivity contribution < 1.29 is 9.90 Å². The molecule has 0 spiro atoms. The average molecular weight is 212 g/mol. The summed E-state index contributed by atoms with van der Waals surface area (Å²) in [7, 11) is 0. The molecule has 2 N–H and O–H groups in total. The molecular weight excluding hydrogens is 192 g/mol. The first kappa shape index (κ1) is 10.9. The molecule has 0 aliphatic carbocycles. The van der Waals surface area contributed by atoms with E-state index in [4.69, 9.17) is 5.11 Å². The highest BCUT2D eigenvalue weighted by Gasteiger charge is 2.38. The number of carboxylic acids is 1. The maximum Gasteiger partial charge on any atom is 0.320 e. The van der Waals surface area contributed by atoms with Crippen molar-refractivity contribution in [2.45, 2.75) is 38.3 Å². The van der Waals surface area contributed by atoms with E-state index < -0.39 is 5.97 Å². The zero-order chi connectivity index (χ0) is 10.8. The van der Waals surface area contributed by atoms with Crippen LogP contribution in [0.3, 0.4) is 0 Å². The first-order valence-corrected chi connectivity index (χ1v) is 5.89. The number of piperidine rings is 1. The number of hydrogen-bond donors (Lipinski definition) is 2. The Morgan fingerprint density at radius 3 is 2.93 bits per heavy atom. The van der Waals surface area contributed by atoms with Gasteiger partial charge in [-0.05, 0) is 44.8 Å². The standard InChI is InChI=1S/C11H20N2O2/c1-8-7-12-5-4-9(8)13-6-2-3-10(13)11(14)15/h8-10,12H,2-7H2,1H3,(H,14,15). The van der Waals surface area contributed by atoms with Gasteiger partial charge in [-0.1, -0.05) is 6.92 Å². The van der Waals surface area contributed by atoms with Gasteiger partial charge in [0.2, 0.25) is 0 Å². The highest BCUT2D eigenvalue weighted by atomic mass is 16.4. The van der Waals surface area contributed by atoms with E-state index in [2.05, 4.69) is 17.1 Å². The molecule has 0 bridgehead atoms. The molecule has 0 aromatic heterocycles. The quantitative estimate of drug-likeness (QED) is 0.701. The monoisotopic (exact) mass is 212 g/mol. The zero-order valence-electron chi connectivity index (χ0n) is 9.28. The van der Waals surface area contributed by atoms with E-state index in [-0.39, 0.29) is 6.04 Å². The lowest BCUT2D eigenvalue weighted by molar-refractivity contribution is -0.143. The molecule has 0 saturated carbocycles. The van der Waals surface area contributed by atoms with E-state index in [0.717, 1.165) is 38.9 Å². The largest absolute Gasteiger partial charge is 0.480 e. The minimum atomic E-state index is -0.641. The predicted octanol–water partition coefficient (Wildman–Crippen LogP) is 0.533. The summed E-state index contributed by atoms with van der Waals surface area (Å²) in [4.78, 5) is 13.3. The van der Waals surface area contributed by atoms with Crippen molar-refractivity contribution in [2.24, 2.45) is 5.92 Å². The molecule has 2 heterocycles. The molecule has 0 amide bonds. The normalized spacial score (nSPS) is 38.1. The van der Waals surface area contributed by atoms with Gasteiger partial charge in [0.1, 0.15) is 6.04 Å². The van der Waals surface area contributed by atoms with Crippen LogP contribution in [-0.4, -0.2) is 47.7 Å². The molecule has 0 aromatic carbocycles. The van der Waals surface area contributed by atoms with Gasteiger partial charge in [0, 0.05) is 6.04 Å². The van der Waals surface area contributed by atoms with Gasteiger partial charge in [0.25, 0.3) is 0 Å². The van der Waals surface area contributed by atoms with E-state index >= 15 is 0 Å². The molecular formula is C11H20N2O2. The lowest BCUT2D eigenvalue weighted by atomic mass is 9.93. The first-order chi connectivity index (χ1) is 7.20. The lowest BCUT2D eigenvalue weighted by Gasteiger charge is -2.38. The van der Waals surface area contributed by atoms with Crippen molar-refractivity contribution in [3.8, 4) is 0 Å². The molecule has 0 radical (unpaired) electrons. The van der Waals surface area contributed by atoms with Gasteiger partial charge in [0.05, 0.1) is 0 Å². The van der Waals surface area contributed by atoms with Gasteiger partial charge in [-0.2, -0.15) is 0 Å². The van der Waals surface area contributed by atoms with E-state index in [0.29, 0.717) is 12.0 Å². The van der Waals surface area contributed by atoms with Crippen molar-refractivity contribution in [1.29, 1.82) is 0 Å². The molecule has 2 aliphatic rings. The topological polar surface area (TPSA) is 52.6 Å². The summed E-state index contributed by atoms with van der Waals surface area (Å²) >= 11 is 0. The second-order valence-electron chi connectivity index (χ2n) is 4.77. The molecule has 2 aliphatic heterocycles. The number of carboxylic acid groups (broad SMARTS) is 1. The maximum atomic E-state index is 11.1. The summed E-state index contributed by atoms with van der Waals surface area (Å²) in [5.41, 5.74) is 0. The molecule has 0 aromatic rings. The van der Waals surface area contributed by atoms with Crippen molar-refractivity contribution in [1.82, 2.24) is 10.2 Å². The maximum absolute atomic E-state index is 11.1. The third kappa shape index (κ3) is 2.16. The number of hydrogen-bond acceptors (Lipinski definition) is 3.